The van der Waals surface area contributed by atoms with E-state index < -0.39 is 63.9 Å². The van der Waals surface area contributed by atoms with Crippen LogP contribution < -0.4 is 25.2 Å². The number of nitriles is 1. The van der Waals surface area contributed by atoms with E-state index in [0.29, 0.717) is 11.6 Å². The SMILES string of the molecule is CC1(C)[C@H](NC(=O)c2ccc(N3CCN(C4CCN(c5ccc6c(c5)C(=O)N(C5CCC(=O)NC5=O)C6=O)CC4)CC3)cc2)C(C)(C)[C@H]1Oc1ccc(C#N)c(C(F)(F)F)c1. The molecule has 0 aromatic heterocycles. The molecule has 3 aromatic carbocycles. The number of piperazine rings is 1. The number of hydrogen-bond acceptors (Lipinski definition) is 10. The second-order valence-corrected chi connectivity index (χ2v) is 17.8. The van der Waals surface area contributed by atoms with E-state index in [9.17, 15) is 37.1 Å². The fourth-order valence-electron chi connectivity index (χ4n) is 10.4. The molecule has 4 fully saturated rings. The molecule has 2 N–H and O–H groups in total. The van der Waals surface area contributed by atoms with Crippen LogP contribution in [0, 0.1) is 22.2 Å². The van der Waals surface area contributed by atoms with Crippen LogP contribution in [0.25, 0.3) is 0 Å². The zero-order valence-corrected chi connectivity index (χ0v) is 34.5. The molecule has 16 heteroatoms. The van der Waals surface area contributed by atoms with E-state index in [1.807, 2.05) is 58.0 Å². The van der Waals surface area contributed by atoms with Crippen molar-refractivity contribution < 1.29 is 41.9 Å². The van der Waals surface area contributed by atoms with Gasteiger partial charge in [-0.1, -0.05) is 27.7 Å². The Balaban J connectivity index is 0.815. The van der Waals surface area contributed by atoms with E-state index in [2.05, 4.69) is 25.3 Å². The van der Waals surface area contributed by atoms with Crippen LogP contribution in [0.5, 0.6) is 5.75 Å². The van der Waals surface area contributed by atoms with Gasteiger partial charge in [0.05, 0.1) is 28.3 Å². The molecule has 0 bridgehead atoms. The smallest absolute Gasteiger partial charge is 0.417 e. The number of halogens is 3. The standard InChI is InChI=1S/C45H48F3N7O6/c1-43(2)41(44(3,4)42(43)61-31-11-7-27(25-49)34(24-31)45(46,47)48)51-37(57)26-5-8-28(9-6-26)53-19-21-54(22-20-53)29-15-17-52(18-16-29)30-10-12-32-33(23-30)40(60)55(39(32)59)35-13-14-36(56)50-38(35)58/h5-12,23-24,29,35,41-42H,13-22H2,1-4H3,(H,51,57)(H,50,56,58)/t35?,41-,42-. The van der Waals surface area contributed by atoms with Crippen molar-refractivity contribution in [2.45, 2.75) is 83.8 Å². The minimum atomic E-state index is -4.70. The summed E-state index contributed by atoms with van der Waals surface area (Å²) in [6.45, 7) is 12.6. The molecule has 8 rings (SSSR count). The van der Waals surface area contributed by atoms with E-state index in [-0.39, 0.29) is 41.7 Å². The summed E-state index contributed by atoms with van der Waals surface area (Å²) >= 11 is 0. The Bertz CT molecular complexity index is 2310. The highest BCUT2D eigenvalue weighted by atomic mass is 19.4. The normalized spacial score (nSPS) is 24.2. The van der Waals surface area contributed by atoms with Crippen molar-refractivity contribution >= 4 is 40.9 Å². The van der Waals surface area contributed by atoms with Crippen LogP contribution in [0.3, 0.4) is 0 Å². The molecule has 320 valence electrons. The number of nitrogens with zero attached hydrogens (tertiary/aromatic N) is 5. The van der Waals surface area contributed by atoms with Gasteiger partial charge in [-0.3, -0.25) is 39.1 Å². The first-order valence-electron chi connectivity index (χ1n) is 20.7. The number of alkyl halides is 3. The number of carbonyl (C=O) groups excluding carboxylic acids is 5. The number of ether oxygens (including phenoxy) is 1. The fourth-order valence-corrected chi connectivity index (χ4v) is 10.4. The summed E-state index contributed by atoms with van der Waals surface area (Å²) in [4.78, 5) is 72.1. The highest BCUT2D eigenvalue weighted by molar-refractivity contribution is 6.23. The average Bonchev–Trinajstić information content (AvgIpc) is 3.49. The molecule has 3 aromatic rings. The first-order chi connectivity index (χ1) is 28.9. The molecule has 4 heterocycles. The Morgan fingerprint density at radius 1 is 0.803 bits per heavy atom. The molecule has 5 aliphatic rings. The Kier molecular flexibility index (Phi) is 10.6. The van der Waals surface area contributed by atoms with E-state index in [1.165, 1.54) is 6.07 Å². The number of amides is 5. The second-order valence-electron chi connectivity index (χ2n) is 17.8. The highest BCUT2D eigenvalue weighted by Gasteiger charge is 2.64. The number of anilines is 2. The predicted molar refractivity (Wildman–Crippen MR) is 218 cm³/mol. The predicted octanol–water partition coefficient (Wildman–Crippen LogP) is 5.38. The average molecular weight is 840 g/mol. The Morgan fingerprint density at radius 2 is 1.43 bits per heavy atom. The molecule has 61 heavy (non-hydrogen) atoms. The first-order valence-corrected chi connectivity index (χ1v) is 20.7. The third-order valence-corrected chi connectivity index (χ3v) is 13.4. The molecule has 3 saturated heterocycles. The highest BCUT2D eigenvalue weighted by Crippen LogP contribution is 2.56. The maximum atomic E-state index is 13.6. The maximum Gasteiger partial charge on any atom is 0.417 e. The van der Waals surface area contributed by atoms with Crippen LogP contribution in [0.15, 0.2) is 60.7 Å². The zero-order valence-electron chi connectivity index (χ0n) is 34.5. The molecule has 13 nitrogen and oxygen atoms in total. The lowest BCUT2D eigenvalue weighted by atomic mass is 9.49. The summed E-state index contributed by atoms with van der Waals surface area (Å²) in [5.41, 5.74) is 0.168. The quantitative estimate of drug-likeness (QED) is 0.283. The molecule has 0 spiro atoms. The number of benzene rings is 3. The van der Waals surface area contributed by atoms with Crippen molar-refractivity contribution in [3.8, 4) is 11.8 Å². The topological polar surface area (TPSA) is 155 Å². The molecule has 4 aliphatic heterocycles. The molecule has 0 radical (unpaired) electrons. The minimum Gasteiger partial charge on any atom is -0.489 e. The van der Waals surface area contributed by atoms with Crippen LogP contribution in [0.2, 0.25) is 0 Å². The van der Waals surface area contributed by atoms with Gasteiger partial charge in [0.1, 0.15) is 17.9 Å². The third-order valence-electron chi connectivity index (χ3n) is 13.4. The molecule has 1 saturated carbocycles. The van der Waals surface area contributed by atoms with Crippen molar-refractivity contribution in [2.75, 3.05) is 49.1 Å². The number of carbonyl (C=O) groups is 5. The fraction of sp³-hybridized carbons (Fsp3) is 0.467. The van der Waals surface area contributed by atoms with Gasteiger partial charge >= 0.3 is 6.18 Å². The van der Waals surface area contributed by atoms with Gasteiger partial charge in [0.25, 0.3) is 17.7 Å². The van der Waals surface area contributed by atoms with Gasteiger partial charge in [0.2, 0.25) is 11.8 Å². The van der Waals surface area contributed by atoms with Crippen LogP contribution in [-0.2, 0) is 15.8 Å². The minimum absolute atomic E-state index is 0.0128. The number of hydrogen-bond donors (Lipinski definition) is 2. The van der Waals surface area contributed by atoms with Crippen molar-refractivity contribution in [3.05, 3.63) is 88.5 Å². The molecule has 1 atom stereocenters. The van der Waals surface area contributed by atoms with Gasteiger partial charge in [0, 0.05) is 85.5 Å². The number of nitrogens with one attached hydrogen (secondary N) is 2. The van der Waals surface area contributed by atoms with E-state index in [4.69, 9.17) is 10.00 Å². The molecular weight excluding hydrogens is 792 g/mol. The third kappa shape index (κ3) is 7.57. The Labute approximate surface area is 351 Å². The van der Waals surface area contributed by atoms with Crippen LogP contribution >= 0.6 is 0 Å². The van der Waals surface area contributed by atoms with Gasteiger partial charge in [0.15, 0.2) is 0 Å². The van der Waals surface area contributed by atoms with Gasteiger partial charge in [-0.15, -0.1) is 0 Å². The van der Waals surface area contributed by atoms with E-state index in [1.54, 1.807) is 18.2 Å². The van der Waals surface area contributed by atoms with Crippen molar-refractivity contribution in [3.63, 3.8) is 0 Å². The Hall–Kier alpha value is -5.95. The van der Waals surface area contributed by atoms with E-state index >= 15 is 0 Å². The lowest BCUT2D eigenvalue weighted by molar-refractivity contribution is -0.164. The molecule has 1 aliphatic carbocycles. The lowest BCUT2D eigenvalue weighted by Gasteiger charge is -2.63. The first kappa shape index (κ1) is 41.8. The van der Waals surface area contributed by atoms with Crippen LogP contribution in [0.1, 0.15) is 95.6 Å². The van der Waals surface area contributed by atoms with Crippen LogP contribution in [0.4, 0.5) is 24.5 Å². The molecule has 5 amide bonds. The number of rotatable bonds is 8. The monoisotopic (exact) mass is 839 g/mol. The van der Waals surface area contributed by atoms with Gasteiger partial charge in [-0.2, -0.15) is 18.4 Å². The van der Waals surface area contributed by atoms with Gasteiger partial charge < -0.3 is 19.9 Å². The number of imide groups is 2. The molecular formula is C45H48F3N7O6. The lowest BCUT2D eigenvalue weighted by Crippen LogP contribution is -2.74. The Morgan fingerprint density at radius 3 is 2.05 bits per heavy atom. The van der Waals surface area contributed by atoms with Crippen molar-refractivity contribution in [1.82, 2.24) is 20.4 Å². The summed E-state index contributed by atoms with van der Waals surface area (Å²) in [5.74, 6) is -2.30. The summed E-state index contributed by atoms with van der Waals surface area (Å²) in [6, 6.07) is 16.8. The van der Waals surface area contributed by atoms with Gasteiger partial charge in [-0.05, 0) is 79.9 Å². The molecule has 1 unspecified atom stereocenters. The van der Waals surface area contributed by atoms with Gasteiger partial charge in [-0.25, -0.2) is 0 Å². The summed E-state index contributed by atoms with van der Waals surface area (Å²) in [6.07, 6.45) is -3.16. The summed E-state index contributed by atoms with van der Waals surface area (Å²) < 4.78 is 46.9. The summed E-state index contributed by atoms with van der Waals surface area (Å²) in [5, 5.41) is 14.5. The maximum absolute atomic E-state index is 13.6. The van der Waals surface area contributed by atoms with Crippen LogP contribution in [-0.4, -0.2) is 103 Å². The number of fused-ring (bicyclic) bond motifs is 1. The largest absolute Gasteiger partial charge is 0.489 e. The van der Waals surface area contributed by atoms with Crippen molar-refractivity contribution in [1.29, 1.82) is 5.26 Å². The second kappa shape index (κ2) is 15.5. The number of piperidine rings is 2. The summed E-state index contributed by atoms with van der Waals surface area (Å²) in [7, 11) is 0. The zero-order chi connectivity index (χ0) is 43.6. The van der Waals surface area contributed by atoms with E-state index in [0.717, 1.165) is 80.5 Å². The van der Waals surface area contributed by atoms with Crippen molar-refractivity contribution in [2.24, 2.45) is 10.8 Å².